The third-order valence-electron chi connectivity index (χ3n) is 3.15. The largest absolute Gasteiger partial charge is 0.383 e. The second-order valence-electron chi connectivity index (χ2n) is 4.62. The molecule has 1 atom stereocenters. The first kappa shape index (κ1) is 14.2. The molecule has 0 fully saturated rings. The zero-order chi connectivity index (χ0) is 13.8. The molecule has 2 aromatic heterocycles. The van der Waals surface area contributed by atoms with E-state index < -0.39 is 0 Å². The molecule has 5 nitrogen and oxygen atoms in total. The molecule has 2 aromatic rings. The smallest absolute Gasteiger partial charge is 0.138 e. The first-order valence-electron chi connectivity index (χ1n) is 6.32. The van der Waals surface area contributed by atoms with E-state index >= 15 is 0 Å². The fourth-order valence-electron chi connectivity index (χ4n) is 1.99. The minimum absolute atomic E-state index is 0.0557. The van der Waals surface area contributed by atoms with Crippen LogP contribution in [-0.2, 0) is 4.74 Å². The van der Waals surface area contributed by atoms with Crippen molar-refractivity contribution in [2.24, 2.45) is 5.73 Å². The summed E-state index contributed by atoms with van der Waals surface area (Å²) in [6.45, 7) is 5.59. The van der Waals surface area contributed by atoms with E-state index in [9.17, 15) is 0 Å². The molecule has 2 rings (SSSR count). The van der Waals surface area contributed by atoms with Gasteiger partial charge in [0.2, 0.25) is 0 Å². The van der Waals surface area contributed by atoms with Crippen molar-refractivity contribution in [3.05, 3.63) is 16.8 Å². The minimum Gasteiger partial charge on any atom is -0.383 e. The van der Waals surface area contributed by atoms with Gasteiger partial charge in [0.15, 0.2) is 0 Å². The lowest BCUT2D eigenvalue weighted by molar-refractivity contribution is 0.178. The van der Waals surface area contributed by atoms with Crippen molar-refractivity contribution in [1.29, 1.82) is 0 Å². The zero-order valence-corrected chi connectivity index (χ0v) is 12.4. The number of aromatic nitrogens is 2. The molecule has 0 aliphatic rings. The fraction of sp³-hybridized carbons (Fsp3) is 0.538. The van der Waals surface area contributed by atoms with E-state index in [-0.39, 0.29) is 6.04 Å². The molecule has 19 heavy (non-hydrogen) atoms. The number of nitrogens with one attached hydrogen (secondary N) is 1. The standard InChI is InChI=1S/C13H20N4OS/c1-8-9(2)19-13-11(8)12(16-7-17-13)15-5-4-10(14)6-18-3/h7,10H,4-6,14H2,1-3H3,(H,15,16,17). The monoisotopic (exact) mass is 280 g/mol. The number of hydrogen-bond donors (Lipinski definition) is 2. The SMILES string of the molecule is COCC(N)CCNc1ncnc2sc(C)c(C)c12. The van der Waals surface area contributed by atoms with E-state index in [1.54, 1.807) is 24.8 Å². The first-order valence-corrected chi connectivity index (χ1v) is 7.14. The predicted octanol–water partition coefficient (Wildman–Crippen LogP) is 2.08. The Morgan fingerprint density at radius 2 is 2.21 bits per heavy atom. The number of thiophene rings is 1. The van der Waals surface area contributed by atoms with Gasteiger partial charge in [-0.05, 0) is 25.8 Å². The summed E-state index contributed by atoms with van der Waals surface area (Å²) in [5, 5.41) is 4.48. The molecule has 0 radical (unpaired) electrons. The number of hydrogen-bond acceptors (Lipinski definition) is 6. The number of aryl methyl sites for hydroxylation is 2. The summed E-state index contributed by atoms with van der Waals surface area (Å²) < 4.78 is 5.02. The van der Waals surface area contributed by atoms with E-state index in [0.717, 1.165) is 29.0 Å². The number of fused-ring (bicyclic) bond motifs is 1. The average Bonchev–Trinajstić information content (AvgIpc) is 2.66. The second kappa shape index (κ2) is 6.27. The molecule has 0 saturated heterocycles. The highest BCUT2D eigenvalue weighted by molar-refractivity contribution is 7.18. The Labute approximate surface area is 117 Å². The third kappa shape index (κ3) is 3.20. The van der Waals surface area contributed by atoms with Crippen molar-refractivity contribution in [3.8, 4) is 0 Å². The number of anilines is 1. The summed E-state index contributed by atoms with van der Waals surface area (Å²) in [6, 6.07) is 0.0557. The summed E-state index contributed by atoms with van der Waals surface area (Å²) in [5.74, 6) is 0.900. The summed E-state index contributed by atoms with van der Waals surface area (Å²) in [4.78, 5) is 11.0. The van der Waals surface area contributed by atoms with E-state index in [2.05, 4.69) is 29.1 Å². The Balaban J connectivity index is 2.08. The predicted molar refractivity (Wildman–Crippen MR) is 79.8 cm³/mol. The molecule has 1 unspecified atom stereocenters. The number of nitrogens with zero attached hydrogens (tertiary/aromatic N) is 2. The molecular weight excluding hydrogens is 260 g/mol. The lowest BCUT2D eigenvalue weighted by Gasteiger charge is -2.11. The van der Waals surface area contributed by atoms with Gasteiger partial charge in [0, 0.05) is 24.6 Å². The van der Waals surface area contributed by atoms with E-state index in [1.807, 2.05) is 0 Å². The number of nitrogens with two attached hydrogens (primary N) is 1. The van der Waals surface area contributed by atoms with Crippen LogP contribution >= 0.6 is 11.3 Å². The van der Waals surface area contributed by atoms with Crippen molar-refractivity contribution >= 4 is 27.4 Å². The van der Waals surface area contributed by atoms with Crippen molar-refractivity contribution in [2.75, 3.05) is 25.6 Å². The van der Waals surface area contributed by atoms with E-state index in [0.29, 0.717) is 6.61 Å². The summed E-state index contributed by atoms with van der Waals surface area (Å²) in [6.07, 6.45) is 2.45. The first-order chi connectivity index (χ1) is 9.13. The summed E-state index contributed by atoms with van der Waals surface area (Å²) >= 11 is 1.71. The van der Waals surface area contributed by atoms with Crippen molar-refractivity contribution in [2.45, 2.75) is 26.3 Å². The fourth-order valence-corrected chi connectivity index (χ4v) is 2.99. The molecule has 6 heteroatoms. The summed E-state index contributed by atoms with van der Waals surface area (Å²) in [7, 11) is 1.67. The average molecular weight is 280 g/mol. The molecule has 0 amide bonds. The Hall–Kier alpha value is -1.24. The van der Waals surface area contributed by atoms with Gasteiger partial charge < -0.3 is 15.8 Å². The molecule has 0 spiro atoms. The van der Waals surface area contributed by atoms with Crippen molar-refractivity contribution < 1.29 is 4.74 Å². The van der Waals surface area contributed by atoms with Gasteiger partial charge in [-0.1, -0.05) is 0 Å². The number of ether oxygens (including phenoxy) is 1. The number of methoxy groups -OCH3 is 1. The van der Waals surface area contributed by atoms with Crippen LogP contribution < -0.4 is 11.1 Å². The molecule has 0 bridgehead atoms. The van der Waals surface area contributed by atoms with Crippen LogP contribution in [0.15, 0.2) is 6.33 Å². The Kier molecular flexibility index (Phi) is 4.68. The van der Waals surface area contributed by atoms with Gasteiger partial charge in [0.05, 0.1) is 12.0 Å². The van der Waals surface area contributed by atoms with Crippen LogP contribution in [-0.4, -0.2) is 36.3 Å². The van der Waals surface area contributed by atoms with E-state index in [4.69, 9.17) is 10.5 Å². The van der Waals surface area contributed by atoms with Gasteiger partial charge in [-0.3, -0.25) is 0 Å². The Morgan fingerprint density at radius 1 is 1.42 bits per heavy atom. The Morgan fingerprint density at radius 3 is 2.95 bits per heavy atom. The van der Waals surface area contributed by atoms with Crippen molar-refractivity contribution in [3.63, 3.8) is 0 Å². The van der Waals surface area contributed by atoms with Crippen LogP contribution in [0.4, 0.5) is 5.82 Å². The zero-order valence-electron chi connectivity index (χ0n) is 11.6. The Bertz CT molecular complexity index is 555. The van der Waals surface area contributed by atoms with Gasteiger partial charge in [0.25, 0.3) is 0 Å². The van der Waals surface area contributed by atoms with Gasteiger partial charge in [0.1, 0.15) is 17.0 Å². The van der Waals surface area contributed by atoms with Gasteiger partial charge in [-0.2, -0.15) is 0 Å². The topological polar surface area (TPSA) is 73.1 Å². The van der Waals surface area contributed by atoms with E-state index in [1.165, 1.54) is 10.4 Å². The van der Waals surface area contributed by atoms with Gasteiger partial charge in [-0.15, -0.1) is 11.3 Å². The molecule has 0 aliphatic carbocycles. The van der Waals surface area contributed by atoms with Crippen LogP contribution in [0.2, 0.25) is 0 Å². The van der Waals surface area contributed by atoms with Gasteiger partial charge >= 0.3 is 0 Å². The second-order valence-corrected chi connectivity index (χ2v) is 5.82. The van der Waals surface area contributed by atoms with Crippen LogP contribution in [0.5, 0.6) is 0 Å². The lowest BCUT2D eigenvalue weighted by atomic mass is 10.2. The van der Waals surface area contributed by atoms with Crippen molar-refractivity contribution in [1.82, 2.24) is 9.97 Å². The van der Waals surface area contributed by atoms with Crippen LogP contribution in [0.3, 0.4) is 0 Å². The molecular formula is C13H20N4OS. The quantitative estimate of drug-likeness (QED) is 0.847. The van der Waals surface area contributed by atoms with Gasteiger partial charge in [-0.25, -0.2) is 9.97 Å². The highest BCUT2D eigenvalue weighted by Gasteiger charge is 2.11. The molecule has 0 aliphatic heterocycles. The highest BCUT2D eigenvalue weighted by Crippen LogP contribution is 2.32. The van der Waals surface area contributed by atoms with Crippen LogP contribution in [0, 0.1) is 13.8 Å². The molecule has 2 heterocycles. The highest BCUT2D eigenvalue weighted by atomic mass is 32.1. The number of rotatable bonds is 6. The maximum absolute atomic E-state index is 5.90. The lowest BCUT2D eigenvalue weighted by Crippen LogP contribution is -2.28. The maximum atomic E-state index is 5.90. The molecule has 104 valence electrons. The normalized spacial score (nSPS) is 12.8. The van der Waals surface area contributed by atoms with Crippen LogP contribution in [0.25, 0.3) is 10.2 Å². The molecule has 0 saturated carbocycles. The summed E-state index contributed by atoms with van der Waals surface area (Å²) in [5.41, 5.74) is 7.15. The molecule has 3 N–H and O–H groups in total. The molecule has 0 aromatic carbocycles. The third-order valence-corrected chi connectivity index (χ3v) is 4.27. The minimum atomic E-state index is 0.0557. The van der Waals surface area contributed by atoms with Crippen LogP contribution in [0.1, 0.15) is 16.9 Å². The maximum Gasteiger partial charge on any atom is 0.138 e.